The first-order valence-corrected chi connectivity index (χ1v) is 8.12. The fourth-order valence-electron chi connectivity index (χ4n) is 3.11. The van der Waals surface area contributed by atoms with Gasteiger partial charge in [0.1, 0.15) is 11.9 Å². The molecule has 8 heteroatoms. The molecule has 26 heavy (non-hydrogen) atoms. The number of halogens is 1. The normalized spacial score (nSPS) is 15.4. The topological polar surface area (TPSA) is 103 Å². The van der Waals surface area contributed by atoms with Crippen LogP contribution in [0.15, 0.2) is 41.2 Å². The fraction of sp³-hybridized carbons (Fsp3) is 0.167. The van der Waals surface area contributed by atoms with Crippen LogP contribution in [-0.2, 0) is 11.2 Å². The summed E-state index contributed by atoms with van der Waals surface area (Å²) in [6, 6.07) is 9.52. The number of aryl methyl sites for hydroxylation is 1. The first-order valence-electron chi connectivity index (χ1n) is 8.12. The molecule has 0 saturated heterocycles. The van der Waals surface area contributed by atoms with Crippen LogP contribution in [0.25, 0.3) is 11.4 Å². The molecule has 0 saturated carbocycles. The molecule has 0 bridgehead atoms. The largest absolute Gasteiger partial charge is 0.373 e. The summed E-state index contributed by atoms with van der Waals surface area (Å²) in [6.45, 7) is 1.87. The van der Waals surface area contributed by atoms with Crippen LogP contribution in [0.3, 0.4) is 0 Å². The van der Waals surface area contributed by atoms with Gasteiger partial charge in [-0.25, -0.2) is 14.3 Å². The number of carbonyl (C=O) groups is 1. The molecule has 1 atom stereocenters. The van der Waals surface area contributed by atoms with Gasteiger partial charge in [0, 0.05) is 28.9 Å². The average molecular weight is 353 g/mol. The molecule has 0 aliphatic carbocycles. The number of aromatic amines is 2. The van der Waals surface area contributed by atoms with Gasteiger partial charge in [0.25, 0.3) is 0 Å². The van der Waals surface area contributed by atoms with Crippen molar-refractivity contribution >= 4 is 17.3 Å². The lowest BCUT2D eigenvalue weighted by atomic mass is 10.1. The Labute approximate surface area is 147 Å². The SMILES string of the molecule is Cc1ccc(F)c2c1NC(C(=O)Nc1cccc(-c3n[nH]c(=O)[nH]3)c1)C2. The van der Waals surface area contributed by atoms with E-state index in [9.17, 15) is 14.0 Å². The van der Waals surface area contributed by atoms with Crippen molar-refractivity contribution < 1.29 is 9.18 Å². The summed E-state index contributed by atoms with van der Waals surface area (Å²) < 4.78 is 14.0. The first kappa shape index (κ1) is 16.1. The van der Waals surface area contributed by atoms with Gasteiger partial charge in [-0.1, -0.05) is 18.2 Å². The Morgan fingerprint density at radius 3 is 2.88 bits per heavy atom. The van der Waals surface area contributed by atoms with E-state index in [-0.39, 0.29) is 11.7 Å². The number of rotatable bonds is 3. The van der Waals surface area contributed by atoms with Crippen LogP contribution in [0.4, 0.5) is 15.8 Å². The minimum absolute atomic E-state index is 0.257. The van der Waals surface area contributed by atoms with E-state index in [1.165, 1.54) is 6.07 Å². The van der Waals surface area contributed by atoms with E-state index in [2.05, 4.69) is 25.8 Å². The Kier molecular flexibility index (Phi) is 3.80. The van der Waals surface area contributed by atoms with E-state index < -0.39 is 11.7 Å². The predicted molar refractivity (Wildman–Crippen MR) is 95.5 cm³/mol. The van der Waals surface area contributed by atoms with E-state index in [1.54, 1.807) is 30.3 Å². The molecule has 0 radical (unpaired) electrons. The highest BCUT2D eigenvalue weighted by molar-refractivity contribution is 5.98. The van der Waals surface area contributed by atoms with E-state index >= 15 is 0 Å². The molecule has 1 aliphatic heterocycles. The van der Waals surface area contributed by atoms with Gasteiger partial charge in [-0.2, -0.15) is 5.10 Å². The van der Waals surface area contributed by atoms with Crippen LogP contribution in [0.2, 0.25) is 0 Å². The smallest absolute Gasteiger partial charge is 0.340 e. The summed E-state index contributed by atoms with van der Waals surface area (Å²) in [5, 5.41) is 12.1. The van der Waals surface area contributed by atoms with E-state index in [0.717, 1.165) is 5.56 Å². The molecule has 2 aromatic carbocycles. The van der Waals surface area contributed by atoms with Crippen LogP contribution in [0.1, 0.15) is 11.1 Å². The van der Waals surface area contributed by atoms with E-state index in [1.807, 2.05) is 6.92 Å². The molecular weight excluding hydrogens is 337 g/mol. The number of amides is 1. The molecule has 3 aromatic rings. The number of fused-ring (bicyclic) bond motifs is 1. The molecule has 0 spiro atoms. The maximum atomic E-state index is 14.0. The summed E-state index contributed by atoms with van der Waals surface area (Å²) in [6.07, 6.45) is 0.293. The van der Waals surface area contributed by atoms with Gasteiger partial charge >= 0.3 is 5.69 Å². The predicted octanol–water partition coefficient (Wildman–Crippen LogP) is 2.19. The molecular formula is C18H16FN5O2. The molecule has 2 heterocycles. The minimum atomic E-state index is -0.547. The van der Waals surface area contributed by atoms with Crippen molar-refractivity contribution in [3.8, 4) is 11.4 Å². The third-order valence-electron chi connectivity index (χ3n) is 4.41. The lowest BCUT2D eigenvalue weighted by Crippen LogP contribution is -2.32. The average Bonchev–Trinajstić information content (AvgIpc) is 3.26. The second kappa shape index (κ2) is 6.14. The zero-order valence-corrected chi connectivity index (χ0v) is 13.9. The Morgan fingerprint density at radius 2 is 2.15 bits per heavy atom. The highest BCUT2D eigenvalue weighted by Gasteiger charge is 2.30. The molecule has 132 valence electrons. The lowest BCUT2D eigenvalue weighted by molar-refractivity contribution is -0.116. The number of anilines is 2. The number of hydrogen-bond acceptors (Lipinski definition) is 4. The Bertz CT molecular complexity index is 1020. The maximum Gasteiger partial charge on any atom is 0.340 e. The van der Waals surface area contributed by atoms with Crippen LogP contribution in [-0.4, -0.2) is 27.1 Å². The molecule has 1 aliphatic rings. The molecule has 7 nitrogen and oxygen atoms in total. The molecule has 4 rings (SSSR count). The number of aromatic nitrogens is 3. The van der Waals surface area contributed by atoms with Crippen molar-refractivity contribution in [3.05, 3.63) is 63.8 Å². The van der Waals surface area contributed by atoms with Gasteiger partial charge in [-0.3, -0.25) is 9.78 Å². The lowest BCUT2D eigenvalue weighted by Gasteiger charge is -2.13. The van der Waals surface area contributed by atoms with Gasteiger partial charge in [-0.15, -0.1) is 0 Å². The van der Waals surface area contributed by atoms with Crippen LogP contribution in [0.5, 0.6) is 0 Å². The number of benzene rings is 2. The molecule has 4 N–H and O–H groups in total. The number of H-pyrrole nitrogens is 2. The fourth-order valence-corrected chi connectivity index (χ4v) is 3.11. The first-order chi connectivity index (χ1) is 12.5. The summed E-state index contributed by atoms with van der Waals surface area (Å²) in [5.41, 5.74) is 2.94. The summed E-state index contributed by atoms with van der Waals surface area (Å²) in [4.78, 5) is 26.3. The van der Waals surface area contributed by atoms with Crippen molar-refractivity contribution in [2.75, 3.05) is 10.6 Å². The Morgan fingerprint density at radius 1 is 1.31 bits per heavy atom. The molecule has 1 unspecified atom stereocenters. The molecule has 1 aromatic heterocycles. The maximum absolute atomic E-state index is 14.0. The van der Waals surface area contributed by atoms with Crippen LogP contribution in [0, 0.1) is 12.7 Å². The van der Waals surface area contributed by atoms with Gasteiger partial charge in [-0.05, 0) is 30.7 Å². The van der Waals surface area contributed by atoms with Gasteiger partial charge in [0.2, 0.25) is 5.91 Å². The summed E-state index contributed by atoms with van der Waals surface area (Å²) >= 11 is 0. The standard InChI is InChI=1S/C18H16FN5O2/c1-9-5-6-13(19)12-8-14(21-15(9)12)17(25)20-11-4-2-3-10(7-11)16-22-18(26)24-23-16/h2-7,14,21H,8H2,1H3,(H,20,25)(H2,22,23,24,26). The van der Waals surface area contributed by atoms with Crippen molar-refractivity contribution in [1.29, 1.82) is 0 Å². The van der Waals surface area contributed by atoms with Crippen molar-refractivity contribution in [1.82, 2.24) is 15.2 Å². The van der Waals surface area contributed by atoms with Crippen LogP contribution >= 0.6 is 0 Å². The zero-order chi connectivity index (χ0) is 18.3. The van der Waals surface area contributed by atoms with Gasteiger partial charge in [0.15, 0.2) is 5.82 Å². The number of hydrogen-bond donors (Lipinski definition) is 4. The zero-order valence-electron chi connectivity index (χ0n) is 13.9. The molecule has 0 fully saturated rings. The number of nitrogens with one attached hydrogen (secondary N) is 4. The third-order valence-corrected chi connectivity index (χ3v) is 4.41. The monoisotopic (exact) mass is 353 g/mol. The molecule has 1 amide bonds. The van der Waals surface area contributed by atoms with Gasteiger partial charge < -0.3 is 10.6 Å². The minimum Gasteiger partial charge on any atom is -0.373 e. The second-order valence-electron chi connectivity index (χ2n) is 6.22. The Hall–Kier alpha value is -3.42. The quantitative estimate of drug-likeness (QED) is 0.579. The highest BCUT2D eigenvalue weighted by atomic mass is 19.1. The van der Waals surface area contributed by atoms with Crippen molar-refractivity contribution in [2.24, 2.45) is 0 Å². The highest BCUT2D eigenvalue weighted by Crippen LogP contribution is 2.32. The van der Waals surface area contributed by atoms with E-state index in [4.69, 9.17) is 0 Å². The van der Waals surface area contributed by atoms with Crippen LogP contribution < -0.4 is 16.3 Å². The summed E-state index contributed by atoms with van der Waals surface area (Å²) in [5.74, 6) is -0.180. The third kappa shape index (κ3) is 2.85. The van der Waals surface area contributed by atoms with E-state index in [0.29, 0.717) is 34.7 Å². The number of carbonyl (C=O) groups excluding carboxylic acids is 1. The Balaban J connectivity index is 1.52. The van der Waals surface area contributed by atoms with Crippen molar-refractivity contribution in [3.63, 3.8) is 0 Å². The number of nitrogens with zero attached hydrogens (tertiary/aromatic N) is 1. The van der Waals surface area contributed by atoms with Crippen molar-refractivity contribution in [2.45, 2.75) is 19.4 Å². The second-order valence-corrected chi connectivity index (χ2v) is 6.22. The van der Waals surface area contributed by atoms with Gasteiger partial charge in [0.05, 0.1) is 0 Å². The summed E-state index contributed by atoms with van der Waals surface area (Å²) in [7, 11) is 0.